The van der Waals surface area contributed by atoms with Gasteiger partial charge in [0, 0.05) is 23.2 Å². The van der Waals surface area contributed by atoms with Crippen LogP contribution in [0.3, 0.4) is 0 Å². The van der Waals surface area contributed by atoms with E-state index in [0.29, 0.717) is 16.5 Å². The minimum Gasteiger partial charge on any atom is -0.497 e. The number of anilines is 1. The number of hydrazone groups is 1. The smallest absolute Gasteiger partial charge is 0.362 e. The van der Waals surface area contributed by atoms with Crippen LogP contribution in [0.15, 0.2) is 23.3 Å². The van der Waals surface area contributed by atoms with E-state index in [-0.39, 0.29) is 12.3 Å². The number of ether oxygens (including phenoxy) is 3. The molecule has 1 heterocycles. The van der Waals surface area contributed by atoms with Gasteiger partial charge in [-0.25, -0.2) is 4.79 Å². The molecule has 0 saturated carbocycles. The highest BCUT2D eigenvalue weighted by atomic mass is 32.1. The Morgan fingerprint density at radius 3 is 2.91 bits per heavy atom. The van der Waals surface area contributed by atoms with E-state index < -0.39 is 5.97 Å². The number of methoxy groups -OCH3 is 2. The fraction of sp³-hybridized carbons (Fsp3) is 0.286. The summed E-state index contributed by atoms with van der Waals surface area (Å²) in [6.45, 7) is 1.99. The molecule has 0 aliphatic rings. The number of nitrogens with zero attached hydrogens (tertiary/aromatic N) is 3. The van der Waals surface area contributed by atoms with Crippen molar-refractivity contribution < 1.29 is 19.0 Å². The van der Waals surface area contributed by atoms with Crippen molar-refractivity contribution in [2.75, 3.05) is 26.3 Å². The zero-order valence-corrected chi connectivity index (χ0v) is 13.7. The number of benzene rings is 1. The van der Waals surface area contributed by atoms with E-state index in [1.54, 1.807) is 45.6 Å². The maximum Gasteiger partial charge on any atom is 0.362 e. The Bertz CT molecular complexity index is 702. The van der Waals surface area contributed by atoms with E-state index in [1.165, 1.54) is 0 Å². The fourth-order valence-electron chi connectivity index (χ4n) is 1.68. The predicted molar refractivity (Wildman–Crippen MR) is 86.6 cm³/mol. The number of hydrogen-bond donors (Lipinski definition) is 1. The number of aromatic nitrogens is 2. The van der Waals surface area contributed by atoms with Crippen molar-refractivity contribution in [3.63, 3.8) is 0 Å². The van der Waals surface area contributed by atoms with Crippen LogP contribution in [0.4, 0.5) is 5.00 Å². The van der Waals surface area contributed by atoms with Crippen molar-refractivity contribution in [1.82, 2.24) is 9.59 Å². The van der Waals surface area contributed by atoms with Crippen molar-refractivity contribution in [2.24, 2.45) is 5.10 Å². The molecule has 2 aromatic rings. The molecule has 1 N–H and O–H groups in total. The number of nitrogens with one attached hydrogen (secondary N) is 1. The molecule has 9 heteroatoms. The van der Waals surface area contributed by atoms with Gasteiger partial charge >= 0.3 is 5.97 Å². The van der Waals surface area contributed by atoms with Crippen LogP contribution in [-0.2, 0) is 4.74 Å². The van der Waals surface area contributed by atoms with Gasteiger partial charge in [0.05, 0.1) is 27.0 Å². The molecule has 0 aliphatic carbocycles. The van der Waals surface area contributed by atoms with Crippen LogP contribution in [0.1, 0.15) is 23.0 Å². The van der Waals surface area contributed by atoms with Crippen LogP contribution in [0.5, 0.6) is 11.5 Å². The van der Waals surface area contributed by atoms with E-state index in [1.807, 2.05) is 0 Å². The van der Waals surface area contributed by atoms with Crippen LogP contribution in [0, 0.1) is 0 Å². The third-order valence-electron chi connectivity index (χ3n) is 2.77. The molecule has 0 unspecified atom stereocenters. The maximum atomic E-state index is 11.7. The summed E-state index contributed by atoms with van der Waals surface area (Å²) in [6.07, 6.45) is 1.56. The van der Waals surface area contributed by atoms with E-state index >= 15 is 0 Å². The van der Waals surface area contributed by atoms with Crippen molar-refractivity contribution >= 4 is 28.7 Å². The van der Waals surface area contributed by atoms with Crippen molar-refractivity contribution in [2.45, 2.75) is 6.92 Å². The fourth-order valence-corrected chi connectivity index (χ4v) is 2.19. The molecule has 0 atom stereocenters. The number of carbonyl (C=O) groups excluding carboxylic acids is 1. The lowest BCUT2D eigenvalue weighted by atomic mass is 10.2. The summed E-state index contributed by atoms with van der Waals surface area (Å²) in [5.41, 5.74) is 3.59. The molecule has 122 valence electrons. The quantitative estimate of drug-likeness (QED) is 0.470. The van der Waals surface area contributed by atoms with Gasteiger partial charge in [-0.1, -0.05) is 4.49 Å². The molecule has 23 heavy (non-hydrogen) atoms. The van der Waals surface area contributed by atoms with E-state index in [0.717, 1.165) is 17.1 Å². The SMILES string of the molecule is CCOC(=O)c1nnsc1N/N=C\c1ccc(OC)cc1OC. The Balaban J connectivity index is 2.11. The van der Waals surface area contributed by atoms with Crippen LogP contribution in [-0.4, -0.2) is 42.6 Å². The molecule has 0 bridgehead atoms. The zero-order chi connectivity index (χ0) is 16.7. The second-order valence-electron chi connectivity index (χ2n) is 4.15. The number of rotatable bonds is 7. The lowest BCUT2D eigenvalue weighted by molar-refractivity contribution is 0.0520. The van der Waals surface area contributed by atoms with E-state index in [4.69, 9.17) is 14.2 Å². The molecular formula is C14H16N4O4S. The summed E-state index contributed by atoms with van der Waals surface area (Å²) in [6, 6.07) is 5.35. The molecule has 8 nitrogen and oxygen atoms in total. The Morgan fingerprint density at radius 2 is 2.22 bits per heavy atom. The van der Waals surface area contributed by atoms with E-state index in [9.17, 15) is 4.79 Å². The minimum atomic E-state index is -0.541. The second-order valence-corrected chi connectivity index (χ2v) is 4.90. The molecule has 0 amide bonds. The molecule has 1 aromatic carbocycles. The van der Waals surface area contributed by atoms with Gasteiger partial charge in [-0.05, 0) is 19.1 Å². The van der Waals surface area contributed by atoms with Crippen molar-refractivity contribution in [3.8, 4) is 11.5 Å². The standard InChI is InChI=1S/C14H16N4O4S/c1-4-22-14(19)12-13(23-18-16-12)17-15-8-9-5-6-10(20-2)7-11(9)21-3/h5-8,17H,4H2,1-3H3/b15-8-. The van der Waals surface area contributed by atoms with Crippen molar-refractivity contribution in [1.29, 1.82) is 0 Å². The first-order valence-electron chi connectivity index (χ1n) is 6.70. The van der Waals surface area contributed by atoms with Crippen molar-refractivity contribution in [3.05, 3.63) is 29.5 Å². The first kappa shape index (κ1) is 16.7. The van der Waals surface area contributed by atoms with Gasteiger partial charge in [0.2, 0.25) is 5.69 Å². The van der Waals surface area contributed by atoms with Gasteiger partial charge in [-0.2, -0.15) is 5.10 Å². The van der Waals surface area contributed by atoms with Gasteiger partial charge in [0.25, 0.3) is 0 Å². The third kappa shape index (κ3) is 4.16. The number of esters is 1. The zero-order valence-electron chi connectivity index (χ0n) is 12.9. The highest BCUT2D eigenvalue weighted by Crippen LogP contribution is 2.23. The largest absolute Gasteiger partial charge is 0.497 e. The summed E-state index contributed by atoms with van der Waals surface area (Å²) < 4.78 is 19.0. The molecule has 0 aliphatic heterocycles. The van der Waals surface area contributed by atoms with Gasteiger partial charge < -0.3 is 14.2 Å². The van der Waals surface area contributed by atoms with E-state index in [2.05, 4.69) is 20.1 Å². The van der Waals surface area contributed by atoms with Crippen LogP contribution < -0.4 is 14.9 Å². The third-order valence-corrected chi connectivity index (χ3v) is 3.40. The summed E-state index contributed by atoms with van der Waals surface area (Å²) in [4.78, 5) is 11.7. The number of hydrogen-bond acceptors (Lipinski definition) is 9. The highest BCUT2D eigenvalue weighted by molar-refractivity contribution is 7.10. The van der Waals surface area contributed by atoms with Gasteiger partial charge in [0.1, 0.15) is 11.5 Å². The van der Waals surface area contributed by atoms with Gasteiger partial charge in [-0.15, -0.1) is 5.10 Å². The molecular weight excluding hydrogens is 320 g/mol. The molecule has 0 fully saturated rings. The lowest BCUT2D eigenvalue weighted by Crippen LogP contribution is -2.07. The summed E-state index contributed by atoms with van der Waals surface area (Å²) in [5, 5.41) is 8.22. The van der Waals surface area contributed by atoms with Crippen LogP contribution in [0.25, 0.3) is 0 Å². The van der Waals surface area contributed by atoms with Gasteiger partial charge in [-0.3, -0.25) is 5.43 Å². The Morgan fingerprint density at radius 1 is 1.39 bits per heavy atom. The highest BCUT2D eigenvalue weighted by Gasteiger charge is 2.17. The molecule has 0 spiro atoms. The second kappa shape index (κ2) is 8.08. The Hall–Kier alpha value is -2.68. The summed E-state index contributed by atoms with van der Waals surface area (Å²) in [7, 11) is 3.14. The average molecular weight is 336 g/mol. The first-order chi connectivity index (χ1) is 11.2. The normalized spacial score (nSPS) is 10.6. The molecule has 1 aromatic heterocycles. The Labute approximate surface area is 137 Å². The Kier molecular flexibility index (Phi) is 5.87. The molecule has 0 radical (unpaired) electrons. The summed E-state index contributed by atoms with van der Waals surface area (Å²) >= 11 is 1.02. The summed E-state index contributed by atoms with van der Waals surface area (Å²) in [5.74, 6) is 0.757. The van der Waals surface area contributed by atoms with Gasteiger partial charge in [0.15, 0.2) is 5.00 Å². The van der Waals surface area contributed by atoms with Crippen LogP contribution >= 0.6 is 11.5 Å². The topological polar surface area (TPSA) is 94.9 Å². The average Bonchev–Trinajstić information content (AvgIpc) is 3.04. The molecule has 0 saturated heterocycles. The first-order valence-corrected chi connectivity index (χ1v) is 7.47. The predicted octanol–water partition coefficient (Wildman–Crippen LogP) is 2.18. The minimum absolute atomic E-state index is 0.107. The number of carbonyl (C=O) groups is 1. The van der Waals surface area contributed by atoms with Crippen LogP contribution in [0.2, 0.25) is 0 Å². The monoisotopic (exact) mass is 336 g/mol. The molecule has 2 rings (SSSR count). The maximum absolute atomic E-state index is 11.7. The lowest BCUT2D eigenvalue weighted by Gasteiger charge is -2.06.